The van der Waals surface area contributed by atoms with Crippen LogP contribution in [0.2, 0.25) is 0 Å². The summed E-state index contributed by atoms with van der Waals surface area (Å²) in [6.45, 7) is 1.64. The van der Waals surface area contributed by atoms with Gasteiger partial charge in [-0.2, -0.15) is 0 Å². The van der Waals surface area contributed by atoms with Crippen molar-refractivity contribution in [2.24, 2.45) is 0 Å². The van der Waals surface area contributed by atoms with E-state index in [-0.39, 0.29) is 11.6 Å². The van der Waals surface area contributed by atoms with Gasteiger partial charge in [-0.05, 0) is 62.4 Å². The summed E-state index contributed by atoms with van der Waals surface area (Å²) in [6, 6.07) is 12.3. The monoisotopic (exact) mass is 432 g/mol. The van der Waals surface area contributed by atoms with Gasteiger partial charge >= 0.3 is 0 Å². The Morgan fingerprint density at radius 2 is 2.00 bits per heavy atom. The van der Waals surface area contributed by atoms with Crippen molar-refractivity contribution in [3.05, 3.63) is 74.1 Å². The second-order valence-corrected chi connectivity index (χ2v) is 8.84. The number of benzene rings is 2. The number of carbonyl (C=O) groups is 1. The first kappa shape index (κ1) is 19.4. The number of nitrogens with zero attached hydrogens (tertiary/aromatic N) is 2. The number of nitrogens with one attached hydrogen (secondary N) is 2. The van der Waals surface area contributed by atoms with Crippen molar-refractivity contribution < 1.29 is 9.72 Å². The smallest absolute Gasteiger partial charge is 0.272 e. The van der Waals surface area contributed by atoms with Crippen LogP contribution in [0.1, 0.15) is 39.2 Å². The minimum atomic E-state index is -0.440. The summed E-state index contributed by atoms with van der Waals surface area (Å²) in [4.78, 5) is 33.1. The third-order valence-electron chi connectivity index (χ3n) is 5.68. The molecule has 5 rings (SSSR count). The van der Waals surface area contributed by atoms with E-state index in [4.69, 9.17) is 4.98 Å². The maximum atomic E-state index is 13.0. The Morgan fingerprint density at radius 1 is 1.19 bits per heavy atom. The molecular formula is C23H20N4O3S. The van der Waals surface area contributed by atoms with Crippen LogP contribution in [0, 0.1) is 17.0 Å². The maximum Gasteiger partial charge on any atom is 0.272 e. The van der Waals surface area contributed by atoms with Gasteiger partial charge in [0.1, 0.15) is 10.8 Å². The van der Waals surface area contributed by atoms with E-state index in [1.54, 1.807) is 24.3 Å². The average Bonchev–Trinajstić information content (AvgIpc) is 3.33. The topological polar surface area (TPSA) is 101 Å². The van der Waals surface area contributed by atoms with Crippen LogP contribution in [0.15, 0.2) is 42.5 Å². The van der Waals surface area contributed by atoms with Crippen LogP contribution in [-0.4, -0.2) is 20.8 Å². The van der Waals surface area contributed by atoms with Gasteiger partial charge in [-0.25, -0.2) is 4.98 Å². The molecule has 2 N–H and O–H groups in total. The van der Waals surface area contributed by atoms with Crippen LogP contribution < -0.4 is 5.32 Å². The number of carbonyl (C=O) groups excluding carboxylic acids is 1. The van der Waals surface area contributed by atoms with Crippen molar-refractivity contribution in [1.82, 2.24) is 9.97 Å². The molecule has 0 fully saturated rings. The van der Waals surface area contributed by atoms with Crippen LogP contribution in [0.3, 0.4) is 0 Å². The highest BCUT2D eigenvalue weighted by Gasteiger charge is 2.25. The first-order chi connectivity index (χ1) is 15.0. The molecule has 8 heteroatoms. The second-order valence-electron chi connectivity index (χ2n) is 7.73. The van der Waals surface area contributed by atoms with Crippen molar-refractivity contribution in [3.8, 4) is 11.4 Å². The average molecular weight is 433 g/mol. The van der Waals surface area contributed by atoms with Gasteiger partial charge in [0.05, 0.1) is 21.5 Å². The fraction of sp³-hybridized carbons (Fsp3) is 0.217. The van der Waals surface area contributed by atoms with Gasteiger partial charge in [-0.1, -0.05) is 12.1 Å². The number of hydrogen-bond donors (Lipinski definition) is 2. The summed E-state index contributed by atoms with van der Waals surface area (Å²) in [6.07, 6.45) is 4.22. The van der Waals surface area contributed by atoms with E-state index in [1.807, 2.05) is 24.3 Å². The van der Waals surface area contributed by atoms with Crippen LogP contribution in [0.4, 0.5) is 10.7 Å². The van der Waals surface area contributed by atoms with Crippen molar-refractivity contribution in [1.29, 1.82) is 0 Å². The molecule has 0 unspecified atom stereocenters. The summed E-state index contributed by atoms with van der Waals surface area (Å²) in [5.74, 6) is 0.477. The highest BCUT2D eigenvalue weighted by molar-refractivity contribution is 7.17. The lowest BCUT2D eigenvalue weighted by Crippen LogP contribution is -2.12. The number of rotatable bonds is 4. The Bertz CT molecular complexity index is 1310. The largest absolute Gasteiger partial charge is 0.338 e. The second kappa shape index (κ2) is 7.63. The summed E-state index contributed by atoms with van der Waals surface area (Å²) in [5, 5.41) is 14.9. The van der Waals surface area contributed by atoms with Gasteiger partial charge in [-0.3, -0.25) is 14.9 Å². The molecule has 31 heavy (non-hydrogen) atoms. The van der Waals surface area contributed by atoms with E-state index in [1.165, 1.54) is 22.6 Å². The third-order valence-corrected chi connectivity index (χ3v) is 6.89. The fourth-order valence-electron chi connectivity index (χ4n) is 4.15. The summed E-state index contributed by atoms with van der Waals surface area (Å²) in [7, 11) is 0. The van der Waals surface area contributed by atoms with Gasteiger partial charge < -0.3 is 10.3 Å². The maximum absolute atomic E-state index is 13.0. The third kappa shape index (κ3) is 3.48. The highest BCUT2D eigenvalue weighted by Crippen LogP contribution is 2.44. The van der Waals surface area contributed by atoms with Crippen molar-refractivity contribution in [3.63, 3.8) is 0 Å². The van der Waals surface area contributed by atoms with Gasteiger partial charge in [0.2, 0.25) is 0 Å². The molecule has 2 aromatic heterocycles. The lowest BCUT2D eigenvalue weighted by molar-refractivity contribution is -0.385. The molecule has 0 atom stereocenters. The van der Waals surface area contributed by atoms with Gasteiger partial charge in [0.15, 0.2) is 0 Å². The number of H-pyrrole nitrogens is 1. The first-order valence-corrected chi connectivity index (χ1v) is 11.0. The number of fused-ring (bicyclic) bond motifs is 2. The molecule has 156 valence electrons. The molecule has 0 aliphatic heterocycles. The van der Waals surface area contributed by atoms with Crippen LogP contribution >= 0.6 is 11.3 Å². The zero-order valence-electron chi connectivity index (χ0n) is 16.9. The van der Waals surface area contributed by atoms with E-state index >= 15 is 0 Å². The molecule has 1 aliphatic carbocycles. The number of nitro groups is 1. The predicted octanol–water partition coefficient (Wildman–Crippen LogP) is 5.64. The number of aromatic nitrogens is 2. The molecule has 2 heterocycles. The molecule has 1 amide bonds. The lowest BCUT2D eigenvalue weighted by Gasteiger charge is -2.12. The van der Waals surface area contributed by atoms with Crippen molar-refractivity contribution in [2.75, 3.05) is 5.32 Å². The fourth-order valence-corrected chi connectivity index (χ4v) is 5.44. The number of nitro benzene ring substituents is 1. The van der Waals surface area contributed by atoms with Gasteiger partial charge in [-0.15, -0.1) is 11.3 Å². The number of imidazole rings is 1. The van der Waals surface area contributed by atoms with E-state index in [2.05, 4.69) is 10.3 Å². The first-order valence-electron chi connectivity index (χ1n) is 10.2. The molecule has 0 spiro atoms. The molecule has 1 aliphatic rings. The molecule has 4 aromatic rings. The minimum Gasteiger partial charge on any atom is -0.338 e. The molecule has 0 saturated heterocycles. The number of anilines is 1. The number of para-hydroxylation sites is 2. The summed E-state index contributed by atoms with van der Waals surface area (Å²) in [5.41, 5.74) is 4.91. The SMILES string of the molecule is Cc1cc(C(=O)Nc2sc3c(c2-c2nc4ccccc4[nH]2)CCCC3)ccc1[N+](=O)[O-]. The zero-order valence-corrected chi connectivity index (χ0v) is 17.7. The number of thiophene rings is 1. The normalized spacial score (nSPS) is 13.2. The number of hydrogen-bond acceptors (Lipinski definition) is 5. The molecule has 0 radical (unpaired) electrons. The van der Waals surface area contributed by atoms with Crippen molar-refractivity contribution >= 4 is 39.0 Å². The van der Waals surface area contributed by atoms with E-state index in [0.717, 1.165) is 53.1 Å². The van der Waals surface area contributed by atoms with Crippen molar-refractivity contribution in [2.45, 2.75) is 32.6 Å². The van der Waals surface area contributed by atoms with Crippen LogP contribution in [0.25, 0.3) is 22.4 Å². The Hall–Kier alpha value is -3.52. The quantitative estimate of drug-likeness (QED) is 0.322. The lowest BCUT2D eigenvalue weighted by atomic mass is 9.95. The minimum absolute atomic E-state index is 0.00565. The number of aryl methyl sites for hydroxylation is 2. The molecular weight excluding hydrogens is 412 g/mol. The molecule has 0 saturated carbocycles. The van der Waals surface area contributed by atoms with Crippen LogP contribution in [0.5, 0.6) is 0 Å². The van der Waals surface area contributed by atoms with Crippen LogP contribution in [-0.2, 0) is 12.8 Å². The van der Waals surface area contributed by atoms with Gasteiger partial charge in [0.25, 0.3) is 11.6 Å². The standard InChI is InChI=1S/C23H20N4O3S/c1-13-12-14(10-11-18(13)27(29)30)22(28)26-23-20(15-6-2-5-9-19(15)31-23)21-24-16-7-3-4-8-17(16)25-21/h3-4,7-8,10-12H,2,5-6,9H2,1H3,(H,24,25)(H,26,28). The zero-order chi connectivity index (χ0) is 21.5. The molecule has 2 aromatic carbocycles. The van der Waals surface area contributed by atoms with E-state index in [9.17, 15) is 14.9 Å². The highest BCUT2D eigenvalue weighted by atomic mass is 32.1. The Balaban J connectivity index is 1.55. The number of aromatic amines is 1. The van der Waals surface area contributed by atoms with Gasteiger partial charge in [0, 0.05) is 22.1 Å². The Morgan fingerprint density at radius 3 is 2.77 bits per heavy atom. The van der Waals surface area contributed by atoms with E-state index in [0.29, 0.717) is 11.1 Å². The summed E-state index contributed by atoms with van der Waals surface area (Å²) < 4.78 is 0. The molecule has 7 nitrogen and oxygen atoms in total. The van der Waals surface area contributed by atoms with E-state index < -0.39 is 4.92 Å². The Kier molecular flexibility index (Phi) is 4.78. The summed E-state index contributed by atoms with van der Waals surface area (Å²) >= 11 is 1.60. The Labute approximate surface area is 182 Å². The molecule has 0 bridgehead atoms. The predicted molar refractivity (Wildman–Crippen MR) is 122 cm³/mol. The number of amides is 1.